The molecule has 32 heavy (non-hydrogen) atoms. The number of nitrogens with zero attached hydrogens (tertiary/aromatic N) is 2. The third-order valence-electron chi connectivity index (χ3n) is 7.59. The van der Waals surface area contributed by atoms with E-state index in [4.69, 9.17) is 4.74 Å². The van der Waals surface area contributed by atoms with Crippen LogP contribution in [0.5, 0.6) is 0 Å². The lowest BCUT2D eigenvalue weighted by molar-refractivity contribution is 0.0495. The van der Waals surface area contributed by atoms with Gasteiger partial charge in [-0.25, -0.2) is 4.39 Å². The minimum Gasteiger partial charge on any atom is -0.377 e. The largest absolute Gasteiger partial charge is 0.377 e. The molecule has 5 rings (SSSR count). The molecule has 1 atom stereocenters. The summed E-state index contributed by atoms with van der Waals surface area (Å²) in [5.74, 6) is -0.0167. The third-order valence-corrected chi connectivity index (χ3v) is 7.59. The standard InChI is InChI=1S/C27H33FN2O2/c28-23-8-5-6-21(16-23)17-24-18-27(20-32-24)10-14-30(15-11-27)26(31)25-9-2-1-7-22(25)19-29-12-3-4-13-29/h1-2,5-9,16,24H,3-4,10-15,17-20H2/t24-/m0/s1. The van der Waals surface area contributed by atoms with Crippen molar-refractivity contribution in [3.63, 3.8) is 0 Å². The van der Waals surface area contributed by atoms with Gasteiger partial charge in [0.25, 0.3) is 5.91 Å². The summed E-state index contributed by atoms with van der Waals surface area (Å²) in [6.07, 6.45) is 6.36. The molecule has 0 radical (unpaired) electrons. The van der Waals surface area contributed by atoms with Crippen molar-refractivity contribution in [1.29, 1.82) is 0 Å². The second kappa shape index (κ2) is 9.32. The molecule has 0 bridgehead atoms. The fourth-order valence-electron chi connectivity index (χ4n) is 5.70. The third kappa shape index (κ3) is 4.74. The zero-order chi connectivity index (χ0) is 22.0. The molecule has 0 aliphatic carbocycles. The van der Waals surface area contributed by atoms with E-state index in [0.717, 1.165) is 81.7 Å². The molecule has 170 valence electrons. The van der Waals surface area contributed by atoms with Crippen LogP contribution < -0.4 is 0 Å². The van der Waals surface area contributed by atoms with Crippen LogP contribution in [0.15, 0.2) is 48.5 Å². The number of hydrogen-bond acceptors (Lipinski definition) is 3. The van der Waals surface area contributed by atoms with Crippen molar-refractivity contribution in [2.24, 2.45) is 5.41 Å². The summed E-state index contributed by atoms with van der Waals surface area (Å²) in [5.41, 5.74) is 3.17. The quantitative estimate of drug-likeness (QED) is 0.683. The van der Waals surface area contributed by atoms with E-state index in [-0.39, 0.29) is 23.2 Å². The molecule has 3 aliphatic heterocycles. The van der Waals surface area contributed by atoms with Crippen molar-refractivity contribution in [2.45, 2.75) is 51.2 Å². The molecule has 5 heteroatoms. The smallest absolute Gasteiger partial charge is 0.254 e. The lowest BCUT2D eigenvalue weighted by Gasteiger charge is -2.38. The minimum absolute atomic E-state index is 0.139. The van der Waals surface area contributed by atoms with Crippen molar-refractivity contribution in [3.05, 3.63) is 71.0 Å². The summed E-state index contributed by atoms with van der Waals surface area (Å²) in [4.78, 5) is 17.9. The van der Waals surface area contributed by atoms with Crippen LogP contribution in [0.2, 0.25) is 0 Å². The fraction of sp³-hybridized carbons (Fsp3) is 0.519. The highest BCUT2D eigenvalue weighted by Gasteiger charge is 2.43. The molecule has 2 aromatic rings. The van der Waals surface area contributed by atoms with Gasteiger partial charge in [-0.3, -0.25) is 9.69 Å². The van der Waals surface area contributed by atoms with Crippen LogP contribution in [-0.2, 0) is 17.7 Å². The van der Waals surface area contributed by atoms with Gasteiger partial charge in [-0.1, -0.05) is 30.3 Å². The van der Waals surface area contributed by atoms with E-state index in [0.29, 0.717) is 0 Å². The Morgan fingerprint density at radius 1 is 1.03 bits per heavy atom. The maximum Gasteiger partial charge on any atom is 0.254 e. The van der Waals surface area contributed by atoms with Crippen LogP contribution in [0.3, 0.4) is 0 Å². The molecule has 1 spiro atoms. The first kappa shape index (κ1) is 21.6. The monoisotopic (exact) mass is 436 g/mol. The van der Waals surface area contributed by atoms with Gasteiger partial charge in [0, 0.05) is 25.2 Å². The van der Waals surface area contributed by atoms with Crippen molar-refractivity contribution < 1.29 is 13.9 Å². The predicted molar refractivity (Wildman–Crippen MR) is 123 cm³/mol. The molecular formula is C27H33FN2O2. The lowest BCUT2D eigenvalue weighted by atomic mass is 9.76. The van der Waals surface area contributed by atoms with Gasteiger partial charge < -0.3 is 9.64 Å². The number of halogens is 1. The Bertz CT molecular complexity index is 948. The van der Waals surface area contributed by atoms with Gasteiger partial charge in [-0.15, -0.1) is 0 Å². The Balaban J connectivity index is 1.18. The van der Waals surface area contributed by atoms with Gasteiger partial charge in [0.1, 0.15) is 5.82 Å². The molecule has 0 unspecified atom stereocenters. The van der Waals surface area contributed by atoms with Crippen molar-refractivity contribution in [3.8, 4) is 0 Å². The van der Waals surface area contributed by atoms with Gasteiger partial charge in [0.05, 0.1) is 12.7 Å². The molecule has 3 saturated heterocycles. The maximum absolute atomic E-state index is 13.5. The summed E-state index contributed by atoms with van der Waals surface area (Å²) in [6, 6.07) is 15.0. The van der Waals surface area contributed by atoms with Crippen LogP contribution in [0.4, 0.5) is 4.39 Å². The van der Waals surface area contributed by atoms with Crippen molar-refractivity contribution >= 4 is 5.91 Å². The topological polar surface area (TPSA) is 32.8 Å². The lowest BCUT2D eigenvalue weighted by Crippen LogP contribution is -2.44. The molecular weight excluding hydrogens is 403 g/mol. The van der Waals surface area contributed by atoms with Gasteiger partial charge in [0.15, 0.2) is 0 Å². The first-order valence-electron chi connectivity index (χ1n) is 12.1. The second-order valence-electron chi connectivity index (χ2n) is 9.90. The Labute approximate surface area is 190 Å². The highest BCUT2D eigenvalue weighted by atomic mass is 19.1. The van der Waals surface area contributed by atoms with E-state index >= 15 is 0 Å². The van der Waals surface area contributed by atoms with Crippen LogP contribution in [0.25, 0.3) is 0 Å². The number of hydrogen-bond donors (Lipinski definition) is 0. The average molecular weight is 437 g/mol. The number of rotatable bonds is 5. The summed E-state index contributed by atoms with van der Waals surface area (Å²) in [5, 5.41) is 0. The molecule has 3 aliphatic rings. The summed E-state index contributed by atoms with van der Waals surface area (Å²) in [6.45, 7) is 5.45. The SMILES string of the molecule is O=C(c1ccccc1CN1CCCC1)N1CCC2(CC1)CO[C@@H](Cc1cccc(F)c1)C2. The van der Waals surface area contributed by atoms with E-state index in [1.807, 2.05) is 29.2 Å². The highest BCUT2D eigenvalue weighted by Crippen LogP contribution is 2.43. The van der Waals surface area contributed by atoms with Crippen molar-refractivity contribution in [2.75, 3.05) is 32.8 Å². The Kier molecular flexibility index (Phi) is 6.29. The van der Waals surface area contributed by atoms with Crippen LogP contribution >= 0.6 is 0 Å². The molecule has 0 aromatic heterocycles. The molecule has 4 nitrogen and oxygen atoms in total. The number of carbonyl (C=O) groups is 1. The Hall–Kier alpha value is -2.24. The van der Waals surface area contributed by atoms with Gasteiger partial charge in [0.2, 0.25) is 0 Å². The van der Waals surface area contributed by atoms with Gasteiger partial charge in [-0.05, 0) is 86.4 Å². The predicted octanol–water partition coefficient (Wildman–Crippen LogP) is 4.68. The van der Waals surface area contributed by atoms with E-state index in [1.165, 1.54) is 18.9 Å². The number of ether oxygens (including phenoxy) is 1. The fourth-order valence-corrected chi connectivity index (χ4v) is 5.70. The summed E-state index contributed by atoms with van der Waals surface area (Å²) < 4.78 is 19.6. The summed E-state index contributed by atoms with van der Waals surface area (Å²) >= 11 is 0. The molecule has 0 saturated carbocycles. The number of likely N-dealkylation sites (tertiary alicyclic amines) is 2. The number of carbonyl (C=O) groups excluding carboxylic acids is 1. The number of piperidine rings is 1. The maximum atomic E-state index is 13.5. The van der Waals surface area contributed by atoms with Crippen LogP contribution in [0, 0.1) is 11.2 Å². The molecule has 3 heterocycles. The number of benzene rings is 2. The Morgan fingerprint density at radius 2 is 1.81 bits per heavy atom. The molecule has 2 aromatic carbocycles. The molecule has 0 N–H and O–H groups in total. The normalized spacial score (nSPS) is 23.2. The van der Waals surface area contributed by atoms with Gasteiger partial charge >= 0.3 is 0 Å². The number of amides is 1. The first-order chi connectivity index (χ1) is 15.6. The van der Waals surface area contributed by atoms with E-state index in [2.05, 4.69) is 11.0 Å². The van der Waals surface area contributed by atoms with Crippen LogP contribution in [-0.4, -0.2) is 54.6 Å². The molecule has 1 amide bonds. The van der Waals surface area contributed by atoms with E-state index in [1.54, 1.807) is 12.1 Å². The molecule has 3 fully saturated rings. The highest BCUT2D eigenvalue weighted by molar-refractivity contribution is 5.95. The zero-order valence-corrected chi connectivity index (χ0v) is 18.8. The van der Waals surface area contributed by atoms with Gasteiger partial charge in [-0.2, -0.15) is 0 Å². The van der Waals surface area contributed by atoms with Crippen LogP contribution in [0.1, 0.15) is 53.6 Å². The van der Waals surface area contributed by atoms with E-state index in [9.17, 15) is 9.18 Å². The average Bonchev–Trinajstić information content (AvgIpc) is 3.45. The zero-order valence-electron chi connectivity index (χ0n) is 18.8. The van der Waals surface area contributed by atoms with Crippen molar-refractivity contribution in [1.82, 2.24) is 9.80 Å². The second-order valence-corrected chi connectivity index (χ2v) is 9.90. The Morgan fingerprint density at radius 3 is 2.59 bits per heavy atom. The van der Waals surface area contributed by atoms with E-state index < -0.39 is 0 Å². The first-order valence-corrected chi connectivity index (χ1v) is 12.1. The minimum atomic E-state index is -0.188. The summed E-state index contributed by atoms with van der Waals surface area (Å²) in [7, 11) is 0.